The molecule has 2 aromatic rings. The Morgan fingerprint density at radius 2 is 1.64 bits per heavy atom. The summed E-state index contributed by atoms with van der Waals surface area (Å²) in [6.07, 6.45) is -9.49. The summed E-state index contributed by atoms with van der Waals surface area (Å²) < 4.78 is 82.0. The quantitative estimate of drug-likeness (QED) is 0.667. The van der Waals surface area contributed by atoms with Crippen molar-refractivity contribution in [1.82, 2.24) is 9.88 Å². The lowest BCUT2D eigenvalue weighted by Gasteiger charge is -2.36. The summed E-state index contributed by atoms with van der Waals surface area (Å²) in [5.74, 6) is 0. The largest absolute Gasteiger partial charge is 0.446 e. The number of aromatic nitrogens is 1. The summed E-state index contributed by atoms with van der Waals surface area (Å²) >= 11 is 0. The number of anilines is 1. The van der Waals surface area contributed by atoms with Crippen LogP contribution in [0.4, 0.5) is 36.8 Å². The van der Waals surface area contributed by atoms with E-state index in [9.17, 15) is 35.9 Å². The zero-order valence-electron chi connectivity index (χ0n) is 17.5. The van der Waals surface area contributed by atoms with E-state index >= 15 is 0 Å². The molecule has 3 rings (SSSR count). The van der Waals surface area contributed by atoms with Crippen LogP contribution in [-0.4, -0.2) is 48.3 Å². The van der Waals surface area contributed by atoms with Gasteiger partial charge >= 0.3 is 18.4 Å². The second-order valence-corrected chi connectivity index (χ2v) is 7.67. The maximum atomic E-state index is 12.9. The van der Waals surface area contributed by atoms with Crippen molar-refractivity contribution in [2.75, 3.05) is 31.1 Å². The van der Waals surface area contributed by atoms with Crippen LogP contribution in [0.1, 0.15) is 23.6 Å². The third-order valence-corrected chi connectivity index (χ3v) is 5.19. The molecule has 1 aliphatic heterocycles. The van der Waals surface area contributed by atoms with Crippen molar-refractivity contribution >= 4 is 11.8 Å². The van der Waals surface area contributed by atoms with Crippen LogP contribution in [0.25, 0.3) is 0 Å². The lowest BCUT2D eigenvalue weighted by molar-refractivity contribution is -0.139. The molecule has 1 aliphatic rings. The van der Waals surface area contributed by atoms with E-state index in [1.165, 1.54) is 24.0 Å². The first-order valence-corrected chi connectivity index (χ1v) is 10.0. The molecule has 0 aliphatic carbocycles. The van der Waals surface area contributed by atoms with E-state index in [0.717, 1.165) is 24.4 Å². The molecule has 6 nitrogen and oxygen atoms in total. The molecule has 180 valence electrons. The maximum Gasteiger partial charge on any atom is 0.421 e. The highest BCUT2D eigenvalue weighted by molar-refractivity contribution is 5.68. The number of H-pyrrole nitrogens is 1. The number of ether oxygens (including phenoxy) is 1. The van der Waals surface area contributed by atoms with Gasteiger partial charge in [-0.2, -0.15) is 26.3 Å². The molecule has 0 saturated carbocycles. The lowest BCUT2D eigenvalue weighted by Crippen LogP contribution is -2.49. The highest BCUT2D eigenvalue weighted by Gasteiger charge is 2.34. The minimum atomic E-state index is -4.80. The number of pyridine rings is 1. The van der Waals surface area contributed by atoms with E-state index in [4.69, 9.17) is 4.74 Å². The SMILES string of the molecule is CC(Cc1c[nH]c(=O)c(C(F)(F)F)c1)OC(=O)N1CCN(c2ccc(C(F)(F)F)cc2)CC1. The van der Waals surface area contributed by atoms with Gasteiger partial charge in [-0.05, 0) is 42.8 Å². The van der Waals surface area contributed by atoms with Crippen LogP contribution in [0.15, 0.2) is 41.3 Å². The number of benzene rings is 1. The molecule has 1 N–H and O–H groups in total. The molecule has 0 spiro atoms. The van der Waals surface area contributed by atoms with Crippen molar-refractivity contribution in [2.24, 2.45) is 0 Å². The molecule has 2 heterocycles. The standard InChI is InChI=1S/C21H21F6N3O3/c1-13(10-14-11-17(21(25,26)27)18(31)28-12-14)33-19(32)30-8-6-29(7-9-30)16-4-2-15(3-5-16)20(22,23)24/h2-5,11-13H,6-10H2,1H3,(H,28,31). The average Bonchev–Trinajstić information content (AvgIpc) is 2.74. The highest BCUT2D eigenvalue weighted by Crippen LogP contribution is 2.31. The second-order valence-electron chi connectivity index (χ2n) is 7.67. The molecule has 0 bridgehead atoms. The molecule has 0 radical (unpaired) electrons. The van der Waals surface area contributed by atoms with Crippen molar-refractivity contribution < 1.29 is 35.9 Å². The molecule has 1 aromatic carbocycles. The fourth-order valence-corrected chi connectivity index (χ4v) is 3.49. The zero-order chi connectivity index (χ0) is 24.4. The Bertz CT molecular complexity index is 1030. The Hall–Kier alpha value is -3.18. The number of carbonyl (C=O) groups excluding carboxylic acids is 1. The number of piperazine rings is 1. The smallest absolute Gasteiger partial charge is 0.421 e. The monoisotopic (exact) mass is 477 g/mol. The van der Waals surface area contributed by atoms with Gasteiger partial charge in [-0.3, -0.25) is 4.79 Å². The number of hydrogen-bond acceptors (Lipinski definition) is 4. The Labute approximate surface area is 184 Å². The van der Waals surface area contributed by atoms with Gasteiger partial charge in [-0.25, -0.2) is 4.79 Å². The van der Waals surface area contributed by atoms with Gasteiger partial charge in [0.1, 0.15) is 11.7 Å². The topological polar surface area (TPSA) is 65.6 Å². The van der Waals surface area contributed by atoms with Gasteiger partial charge in [0.15, 0.2) is 0 Å². The first-order chi connectivity index (χ1) is 15.3. The van der Waals surface area contributed by atoms with Gasteiger partial charge in [-0.15, -0.1) is 0 Å². The number of alkyl halides is 6. The molecule has 1 amide bonds. The van der Waals surface area contributed by atoms with E-state index in [-0.39, 0.29) is 25.1 Å². The van der Waals surface area contributed by atoms with Crippen molar-refractivity contribution in [3.63, 3.8) is 0 Å². The van der Waals surface area contributed by atoms with Gasteiger partial charge in [0.05, 0.1) is 5.56 Å². The molecular formula is C21H21F6N3O3. The average molecular weight is 477 g/mol. The van der Waals surface area contributed by atoms with Gasteiger partial charge in [0, 0.05) is 44.5 Å². The number of nitrogens with zero attached hydrogens (tertiary/aromatic N) is 2. The Morgan fingerprint density at radius 1 is 1.03 bits per heavy atom. The number of carbonyl (C=O) groups is 1. The number of rotatable bonds is 4. The minimum Gasteiger partial charge on any atom is -0.446 e. The number of hydrogen-bond donors (Lipinski definition) is 1. The summed E-state index contributed by atoms with van der Waals surface area (Å²) in [5.41, 5.74) is -2.55. The molecule has 1 saturated heterocycles. The summed E-state index contributed by atoms with van der Waals surface area (Å²) in [6.45, 7) is 2.81. The number of aromatic amines is 1. The van der Waals surface area contributed by atoms with Crippen molar-refractivity contribution in [3.8, 4) is 0 Å². The van der Waals surface area contributed by atoms with Gasteiger partial charge in [0.25, 0.3) is 5.56 Å². The minimum absolute atomic E-state index is 0.0306. The van der Waals surface area contributed by atoms with Crippen LogP contribution in [0.3, 0.4) is 0 Å². The molecule has 1 fully saturated rings. The first kappa shape index (κ1) is 24.5. The number of amides is 1. The molecular weight excluding hydrogens is 456 g/mol. The maximum absolute atomic E-state index is 12.9. The molecule has 1 atom stereocenters. The van der Waals surface area contributed by atoms with Crippen LogP contribution in [0.5, 0.6) is 0 Å². The Morgan fingerprint density at radius 3 is 2.18 bits per heavy atom. The van der Waals surface area contributed by atoms with Gasteiger partial charge in [-0.1, -0.05) is 0 Å². The van der Waals surface area contributed by atoms with E-state index in [2.05, 4.69) is 0 Å². The Kier molecular flexibility index (Phi) is 6.94. The zero-order valence-corrected chi connectivity index (χ0v) is 17.5. The summed E-state index contributed by atoms with van der Waals surface area (Å²) in [5, 5.41) is 0. The van der Waals surface area contributed by atoms with E-state index < -0.39 is 41.2 Å². The highest BCUT2D eigenvalue weighted by atomic mass is 19.4. The van der Waals surface area contributed by atoms with Gasteiger partial charge in [0.2, 0.25) is 0 Å². The molecule has 1 unspecified atom stereocenters. The van der Waals surface area contributed by atoms with Crippen LogP contribution < -0.4 is 10.5 Å². The molecule has 33 heavy (non-hydrogen) atoms. The van der Waals surface area contributed by atoms with Crippen LogP contribution >= 0.6 is 0 Å². The summed E-state index contributed by atoms with van der Waals surface area (Å²) in [7, 11) is 0. The second kappa shape index (κ2) is 9.36. The number of nitrogens with one attached hydrogen (secondary N) is 1. The first-order valence-electron chi connectivity index (χ1n) is 10.0. The number of halogens is 6. The predicted molar refractivity (Wildman–Crippen MR) is 107 cm³/mol. The third kappa shape index (κ3) is 6.20. The van der Waals surface area contributed by atoms with Gasteiger partial charge < -0.3 is 19.5 Å². The van der Waals surface area contributed by atoms with Crippen molar-refractivity contribution in [3.05, 3.63) is 63.6 Å². The predicted octanol–water partition coefficient (Wildman–Crippen LogP) is 4.30. The van der Waals surface area contributed by atoms with Crippen LogP contribution in [0, 0.1) is 0 Å². The van der Waals surface area contributed by atoms with E-state index in [1.807, 2.05) is 9.88 Å². The molecule has 1 aromatic heterocycles. The lowest BCUT2D eigenvalue weighted by atomic mass is 10.1. The summed E-state index contributed by atoms with van der Waals surface area (Å²) in [4.78, 5) is 29.1. The Balaban J connectivity index is 1.52. The van der Waals surface area contributed by atoms with Crippen molar-refractivity contribution in [1.29, 1.82) is 0 Å². The van der Waals surface area contributed by atoms with Crippen LogP contribution in [-0.2, 0) is 23.5 Å². The molecule has 12 heteroatoms. The summed E-state index contributed by atoms with van der Waals surface area (Å²) in [6, 6.07) is 5.47. The fourth-order valence-electron chi connectivity index (χ4n) is 3.49. The fraction of sp³-hybridized carbons (Fsp3) is 0.429. The van der Waals surface area contributed by atoms with E-state index in [1.54, 1.807) is 0 Å². The van der Waals surface area contributed by atoms with Crippen molar-refractivity contribution in [2.45, 2.75) is 31.8 Å². The van der Waals surface area contributed by atoms with E-state index in [0.29, 0.717) is 18.8 Å². The normalized spacial score (nSPS) is 16.0. The van der Waals surface area contributed by atoms with Crippen LogP contribution in [0.2, 0.25) is 0 Å². The third-order valence-electron chi connectivity index (χ3n) is 5.19.